The van der Waals surface area contributed by atoms with E-state index in [-0.39, 0.29) is 5.92 Å². The van der Waals surface area contributed by atoms with Crippen molar-refractivity contribution >= 4 is 34.5 Å². The minimum absolute atomic E-state index is 0.192. The quantitative estimate of drug-likeness (QED) is 0.870. The third-order valence-corrected chi connectivity index (χ3v) is 5.45. The zero-order valence-electron chi connectivity index (χ0n) is 11.4. The summed E-state index contributed by atoms with van der Waals surface area (Å²) in [5, 5.41) is 11.6. The van der Waals surface area contributed by atoms with Crippen molar-refractivity contribution in [3.63, 3.8) is 0 Å². The van der Waals surface area contributed by atoms with Gasteiger partial charge in [0, 0.05) is 22.2 Å². The van der Waals surface area contributed by atoms with Gasteiger partial charge in [-0.1, -0.05) is 29.3 Å². The number of hydrogen-bond donors (Lipinski definition) is 2. The molecule has 2 nitrogen and oxygen atoms in total. The Morgan fingerprint density at radius 3 is 2.40 bits per heavy atom. The van der Waals surface area contributed by atoms with Crippen molar-refractivity contribution in [1.29, 1.82) is 0 Å². The van der Waals surface area contributed by atoms with E-state index >= 15 is 0 Å². The summed E-state index contributed by atoms with van der Waals surface area (Å²) in [5.41, 5.74) is 7.93. The first-order chi connectivity index (χ1) is 9.43. The van der Waals surface area contributed by atoms with Gasteiger partial charge in [-0.3, -0.25) is 0 Å². The third-order valence-electron chi connectivity index (χ3n) is 3.48. The number of rotatable bonds is 4. The van der Waals surface area contributed by atoms with Crippen LogP contribution < -0.4 is 5.73 Å². The molecule has 5 heteroatoms. The fourth-order valence-electron chi connectivity index (χ4n) is 2.14. The van der Waals surface area contributed by atoms with E-state index in [1.54, 1.807) is 23.5 Å². The van der Waals surface area contributed by atoms with Gasteiger partial charge in [0.25, 0.3) is 0 Å². The first-order valence-electron chi connectivity index (χ1n) is 6.34. The molecule has 0 spiro atoms. The number of nitrogens with two attached hydrogens (primary N) is 1. The predicted octanol–water partition coefficient (Wildman–Crippen LogP) is 4.45. The highest BCUT2D eigenvalue weighted by atomic mass is 35.5. The van der Waals surface area contributed by atoms with Gasteiger partial charge in [-0.15, -0.1) is 11.3 Å². The molecule has 0 bridgehead atoms. The van der Waals surface area contributed by atoms with Crippen LogP contribution in [0.1, 0.15) is 32.9 Å². The second-order valence-corrected chi connectivity index (χ2v) is 6.95. The van der Waals surface area contributed by atoms with Gasteiger partial charge in [0.15, 0.2) is 0 Å². The first-order valence-corrected chi connectivity index (χ1v) is 7.91. The van der Waals surface area contributed by atoms with Gasteiger partial charge in [-0.25, -0.2) is 0 Å². The summed E-state index contributed by atoms with van der Waals surface area (Å²) in [6.07, 6.45) is -0.630. The number of aryl methyl sites for hydroxylation is 2. The Morgan fingerprint density at radius 1 is 1.20 bits per heavy atom. The summed E-state index contributed by atoms with van der Waals surface area (Å²) in [5.74, 6) is -0.192. The van der Waals surface area contributed by atoms with Gasteiger partial charge < -0.3 is 10.8 Å². The van der Waals surface area contributed by atoms with Crippen LogP contribution in [-0.4, -0.2) is 11.7 Å². The molecule has 0 fully saturated rings. The molecule has 0 radical (unpaired) electrons. The summed E-state index contributed by atoms with van der Waals surface area (Å²) in [6.45, 7) is 4.43. The van der Waals surface area contributed by atoms with E-state index in [1.807, 2.05) is 26.0 Å². The molecular formula is C15H17Cl2NOS. The van der Waals surface area contributed by atoms with Crippen molar-refractivity contribution in [3.05, 3.63) is 55.2 Å². The average Bonchev–Trinajstić information content (AvgIpc) is 2.74. The fourth-order valence-corrected chi connectivity index (χ4v) is 3.54. The molecule has 1 heterocycles. The highest BCUT2D eigenvalue weighted by Crippen LogP contribution is 2.37. The topological polar surface area (TPSA) is 46.2 Å². The molecule has 1 aromatic heterocycles. The maximum Gasteiger partial charge on any atom is 0.0962 e. The number of aliphatic hydroxyl groups excluding tert-OH is 1. The molecule has 0 aliphatic carbocycles. The van der Waals surface area contributed by atoms with Gasteiger partial charge in [-0.2, -0.15) is 0 Å². The molecule has 0 aliphatic heterocycles. The lowest BCUT2D eigenvalue weighted by Crippen LogP contribution is -2.19. The molecule has 20 heavy (non-hydrogen) atoms. The molecule has 108 valence electrons. The lowest BCUT2D eigenvalue weighted by atomic mass is 9.92. The van der Waals surface area contributed by atoms with Crippen LogP contribution in [0.3, 0.4) is 0 Å². The van der Waals surface area contributed by atoms with Crippen LogP contribution in [-0.2, 0) is 0 Å². The lowest BCUT2D eigenvalue weighted by molar-refractivity contribution is 0.151. The smallest absolute Gasteiger partial charge is 0.0962 e. The normalized spacial score (nSPS) is 14.3. The number of hydrogen-bond acceptors (Lipinski definition) is 3. The molecule has 2 unspecified atom stereocenters. The maximum atomic E-state index is 10.6. The molecular weight excluding hydrogens is 313 g/mol. The van der Waals surface area contributed by atoms with Crippen LogP contribution in [0.15, 0.2) is 24.3 Å². The minimum atomic E-state index is -0.630. The molecule has 0 saturated heterocycles. The second kappa shape index (κ2) is 6.46. The Hall–Kier alpha value is -0.580. The highest BCUT2D eigenvalue weighted by Gasteiger charge is 2.24. The van der Waals surface area contributed by atoms with Crippen LogP contribution in [0.2, 0.25) is 10.0 Å². The van der Waals surface area contributed by atoms with E-state index in [0.717, 1.165) is 10.4 Å². The van der Waals surface area contributed by atoms with Crippen LogP contribution in [0.5, 0.6) is 0 Å². The Bertz CT molecular complexity index is 592. The van der Waals surface area contributed by atoms with Gasteiger partial charge >= 0.3 is 0 Å². The molecule has 2 atom stereocenters. The predicted molar refractivity (Wildman–Crippen MR) is 87.0 cm³/mol. The molecule has 3 N–H and O–H groups in total. The van der Waals surface area contributed by atoms with E-state index in [0.29, 0.717) is 16.6 Å². The summed E-state index contributed by atoms with van der Waals surface area (Å²) in [4.78, 5) is 2.14. The first kappa shape index (κ1) is 15.8. The highest BCUT2D eigenvalue weighted by molar-refractivity contribution is 7.12. The van der Waals surface area contributed by atoms with E-state index in [9.17, 15) is 5.11 Å². The number of halogens is 2. The van der Waals surface area contributed by atoms with Crippen molar-refractivity contribution in [2.24, 2.45) is 5.73 Å². The van der Waals surface area contributed by atoms with Gasteiger partial charge in [0.05, 0.1) is 16.1 Å². The molecule has 2 aromatic rings. The lowest BCUT2D eigenvalue weighted by Gasteiger charge is -2.21. The zero-order valence-corrected chi connectivity index (χ0v) is 13.7. The summed E-state index contributed by atoms with van der Waals surface area (Å²) >= 11 is 13.6. The van der Waals surface area contributed by atoms with Crippen molar-refractivity contribution in [2.45, 2.75) is 25.9 Å². The van der Waals surface area contributed by atoms with Crippen molar-refractivity contribution in [2.75, 3.05) is 6.54 Å². The standard InChI is InChI=1S/C15H17Cl2NOS/c1-8-5-14(20-9(8)2)15(19)11(7-18)10-3-4-12(16)13(17)6-10/h3-6,11,15,19H,7,18H2,1-2H3. The number of thiophene rings is 1. The van der Waals surface area contributed by atoms with Crippen LogP contribution in [0.4, 0.5) is 0 Å². The van der Waals surface area contributed by atoms with E-state index < -0.39 is 6.10 Å². The van der Waals surface area contributed by atoms with Gasteiger partial charge in [-0.05, 0) is 43.2 Å². The molecule has 0 aliphatic rings. The molecule has 0 amide bonds. The Kier molecular flexibility index (Phi) is 5.10. The monoisotopic (exact) mass is 329 g/mol. The van der Waals surface area contributed by atoms with Crippen LogP contribution in [0.25, 0.3) is 0 Å². The summed E-state index contributed by atoms with van der Waals surface area (Å²) in [7, 11) is 0. The van der Waals surface area contributed by atoms with Gasteiger partial charge in [0.1, 0.15) is 0 Å². The number of aliphatic hydroxyl groups is 1. The Morgan fingerprint density at radius 2 is 1.90 bits per heavy atom. The average molecular weight is 330 g/mol. The minimum Gasteiger partial charge on any atom is -0.387 e. The fraction of sp³-hybridized carbons (Fsp3) is 0.333. The van der Waals surface area contributed by atoms with Crippen molar-refractivity contribution in [3.8, 4) is 0 Å². The van der Waals surface area contributed by atoms with Crippen molar-refractivity contribution in [1.82, 2.24) is 0 Å². The zero-order chi connectivity index (χ0) is 14.9. The Labute approximate surface area is 133 Å². The second-order valence-electron chi connectivity index (χ2n) is 4.85. The summed E-state index contributed by atoms with van der Waals surface area (Å²) in [6, 6.07) is 7.39. The van der Waals surface area contributed by atoms with E-state index in [1.165, 1.54) is 10.4 Å². The van der Waals surface area contributed by atoms with E-state index in [2.05, 4.69) is 0 Å². The molecule has 0 saturated carbocycles. The molecule has 1 aromatic carbocycles. The summed E-state index contributed by atoms with van der Waals surface area (Å²) < 4.78 is 0. The third kappa shape index (κ3) is 3.18. The van der Waals surface area contributed by atoms with E-state index in [4.69, 9.17) is 28.9 Å². The Balaban J connectivity index is 2.33. The maximum absolute atomic E-state index is 10.6. The number of benzene rings is 1. The van der Waals surface area contributed by atoms with Crippen LogP contribution >= 0.6 is 34.5 Å². The van der Waals surface area contributed by atoms with Crippen LogP contribution in [0, 0.1) is 13.8 Å². The van der Waals surface area contributed by atoms with Gasteiger partial charge in [0.2, 0.25) is 0 Å². The largest absolute Gasteiger partial charge is 0.387 e. The SMILES string of the molecule is Cc1cc(C(O)C(CN)c2ccc(Cl)c(Cl)c2)sc1C. The van der Waals surface area contributed by atoms with Crippen molar-refractivity contribution < 1.29 is 5.11 Å². The molecule has 2 rings (SSSR count).